The molecule has 1 atom stereocenters. The second-order valence-corrected chi connectivity index (χ2v) is 8.34. The van der Waals surface area contributed by atoms with Crippen molar-refractivity contribution in [2.45, 2.75) is 29.4 Å². The number of sulfonamides is 1. The third-order valence-electron chi connectivity index (χ3n) is 3.27. The predicted octanol–water partition coefficient (Wildman–Crippen LogP) is 1.54. The molecular formula is C12H19N3O2S2. The molecule has 19 heavy (non-hydrogen) atoms. The monoisotopic (exact) mass is 301 g/mol. The largest absolute Gasteiger partial charge is 0.324 e. The van der Waals surface area contributed by atoms with Crippen LogP contribution >= 0.6 is 11.8 Å². The highest BCUT2D eigenvalue weighted by atomic mass is 32.2. The van der Waals surface area contributed by atoms with E-state index < -0.39 is 10.0 Å². The number of hydrazine groups is 1. The average molecular weight is 301 g/mol. The molecule has 1 heterocycles. The molecule has 5 nitrogen and oxygen atoms in total. The van der Waals surface area contributed by atoms with Gasteiger partial charge in [0.2, 0.25) is 10.0 Å². The van der Waals surface area contributed by atoms with Crippen LogP contribution in [0.4, 0.5) is 5.69 Å². The van der Waals surface area contributed by atoms with Crippen molar-refractivity contribution in [1.82, 2.24) is 4.72 Å². The van der Waals surface area contributed by atoms with E-state index in [0.717, 1.165) is 18.6 Å². The Kier molecular flexibility index (Phi) is 4.39. The standard InChI is InChI=1S/C12H19N3O2S2/c1-12(7-2-8-18-12)9-14-19(16,17)11-5-3-10(15-13)4-6-11/h3-6,14-15H,2,7-9,13H2,1H3. The molecule has 0 saturated carbocycles. The van der Waals surface area contributed by atoms with Crippen LogP contribution in [0, 0.1) is 0 Å². The van der Waals surface area contributed by atoms with Crippen molar-refractivity contribution in [3.05, 3.63) is 24.3 Å². The summed E-state index contributed by atoms with van der Waals surface area (Å²) in [5.41, 5.74) is 3.15. The van der Waals surface area contributed by atoms with Crippen LogP contribution in [0.2, 0.25) is 0 Å². The summed E-state index contributed by atoms with van der Waals surface area (Å²) in [6.07, 6.45) is 2.20. The molecule has 0 spiro atoms. The molecule has 106 valence electrons. The number of rotatable bonds is 5. The zero-order valence-corrected chi connectivity index (χ0v) is 12.5. The summed E-state index contributed by atoms with van der Waals surface area (Å²) in [4.78, 5) is 0.262. The summed E-state index contributed by atoms with van der Waals surface area (Å²) in [6, 6.07) is 6.37. The number of hydrogen-bond acceptors (Lipinski definition) is 5. The summed E-state index contributed by atoms with van der Waals surface area (Å²) >= 11 is 1.83. The smallest absolute Gasteiger partial charge is 0.240 e. The van der Waals surface area contributed by atoms with E-state index in [1.807, 2.05) is 11.8 Å². The van der Waals surface area contributed by atoms with Gasteiger partial charge in [0, 0.05) is 17.0 Å². The van der Waals surface area contributed by atoms with Crippen LogP contribution in [0.3, 0.4) is 0 Å². The number of benzene rings is 1. The van der Waals surface area contributed by atoms with Gasteiger partial charge >= 0.3 is 0 Å². The highest BCUT2D eigenvalue weighted by Gasteiger charge is 2.31. The van der Waals surface area contributed by atoms with Gasteiger partial charge in [-0.15, -0.1) is 0 Å². The fourth-order valence-corrected chi connectivity index (χ4v) is 4.54. The molecule has 0 aromatic heterocycles. The SMILES string of the molecule is CC1(CNS(=O)(=O)c2ccc(NN)cc2)CCCS1. The number of nitrogen functional groups attached to an aromatic ring is 1. The maximum absolute atomic E-state index is 12.2. The van der Waals surface area contributed by atoms with E-state index in [1.165, 1.54) is 0 Å². The first-order chi connectivity index (χ1) is 8.95. The third-order valence-corrected chi connectivity index (χ3v) is 6.22. The lowest BCUT2D eigenvalue weighted by atomic mass is 10.1. The summed E-state index contributed by atoms with van der Waals surface area (Å²) < 4.78 is 27.0. The van der Waals surface area contributed by atoms with E-state index in [4.69, 9.17) is 5.84 Å². The topological polar surface area (TPSA) is 84.2 Å². The van der Waals surface area contributed by atoms with Crippen molar-refractivity contribution in [1.29, 1.82) is 0 Å². The number of thioether (sulfide) groups is 1. The average Bonchev–Trinajstić information content (AvgIpc) is 2.84. The Bertz CT molecular complexity index is 522. The third kappa shape index (κ3) is 3.62. The summed E-state index contributed by atoms with van der Waals surface area (Å²) in [6.45, 7) is 2.57. The van der Waals surface area contributed by atoms with Gasteiger partial charge < -0.3 is 5.43 Å². The lowest BCUT2D eigenvalue weighted by Crippen LogP contribution is -2.36. The van der Waals surface area contributed by atoms with E-state index in [1.54, 1.807) is 24.3 Å². The molecule has 1 aromatic carbocycles. The van der Waals surface area contributed by atoms with Crippen LogP contribution < -0.4 is 16.0 Å². The van der Waals surface area contributed by atoms with Crippen LogP contribution in [0.5, 0.6) is 0 Å². The molecule has 1 saturated heterocycles. The maximum Gasteiger partial charge on any atom is 0.240 e. The van der Waals surface area contributed by atoms with E-state index in [9.17, 15) is 8.42 Å². The molecule has 1 aliphatic rings. The molecule has 0 radical (unpaired) electrons. The number of nitrogens with two attached hydrogens (primary N) is 1. The van der Waals surface area contributed by atoms with Crippen LogP contribution in [-0.4, -0.2) is 25.5 Å². The van der Waals surface area contributed by atoms with E-state index in [2.05, 4.69) is 17.1 Å². The van der Waals surface area contributed by atoms with E-state index in [-0.39, 0.29) is 9.64 Å². The van der Waals surface area contributed by atoms with Crippen LogP contribution in [0.1, 0.15) is 19.8 Å². The molecule has 0 bridgehead atoms. The predicted molar refractivity (Wildman–Crippen MR) is 79.5 cm³/mol. The fourth-order valence-electron chi connectivity index (χ4n) is 2.04. The van der Waals surface area contributed by atoms with Crippen molar-refractivity contribution >= 4 is 27.5 Å². The Morgan fingerprint density at radius 1 is 1.37 bits per heavy atom. The summed E-state index contributed by atoms with van der Waals surface area (Å²) in [5.74, 6) is 6.36. The van der Waals surface area contributed by atoms with Gasteiger partial charge in [0.1, 0.15) is 0 Å². The molecule has 1 unspecified atom stereocenters. The number of nitrogens with one attached hydrogen (secondary N) is 2. The van der Waals surface area contributed by atoms with E-state index in [0.29, 0.717) is 12.2 Å². The van der Waals surface area contributed by atoms with Crippen molar-refractivity contribution in [2.75, 3.05) is 17.7 Å². The molecule has 1 aromatic rings. The first kappa shape index (κ1) is 14.6. The zero-order chi connectivity index (χ0) is 13.9. The molecule has 1 aliphatic heterocycles. The fraction of sp³-hybridized carbons (Fsp3) is 0.500. The van der Waals surface area contributed by atoms with Crippen LogP contribution in [-0.2, 0) is 10.0 Å². The van der Waals surface area contributed by atoms with Crippen molar-refractivity contribution in [3.63, 3.8) is 0 Å². The highest BCUT2D eigenvalue weighted by Crippen LogP contribution is 2.37. The first-order valence-electron chi connectivity index (χ1n) is 6.16. The quantitative estimate of drug-likeness (QED) is 0.567. The molecule has 4 N–H and O–H groups in total. The Hall–Kier alpha value is -0.760. The molecule has 0 amide bonds. The summed E-state index contributed by atoms with van der Waals surface area (Å²) in [7, 11) is -3.44. The minimum Gasteiger partial charge on any atom is -0.324 e. The minimum atomic E-state index is -3.44. The van der Waals surface area contributed by atoms with Crippen molar-refractivity contribution < 1.29 is 8.42 Å². The zero-order valence-electron chi connectivity index (χ0n) is 10.8. The van der Waals surface area contributed by atoms with Gasteiger partial charge in [0.15, 0.2) is 0 Å². The summed E-state index contributed by atoms with van der Waals surface area (Å²) in [5, 5.41) is 0. The second-order valence-electron chi connectivity index (χ2n) is 4.90. The highest BCUT2D eigenvalue weighted by molar-refractivity contribution is 8.01. The van der Waals surface area contributed by atoms with Gasteiger partial charge in [-0.05, 0) is 49.8 Å². The van der Waals surface area contributed by atoms with Gasteiger partial charge in [-0.1, -0.05) is 0 Å². The number of hydrogen-bond donors (Lipinski definition) is 3. The van der Waals surface area contributed by atoms with Crippen LogP contribution in [0.25, 0.3) is 0 Å². The maximum atomic E-state index is 12.2. The van der Waals surface area contributed by atoms with Gasteiger partial charge in [-0.2, -0.15) is 11.8 Å². The molecule has 0 aliphatic carbocycles. The second kappa shape index (κ2) is 5.70. The van der Waals surface area contributed by atoms with Gasteiger partial charge in [0.05, 0.1) is 4.90 Å². The lowest BCUT2D eigenvalue weighted by molar-refractivity contribution is 0.552. The van der Waals surface area contributed by atoms with Gasteiger partial charge in [-0.3, -0.25) is 5.84 Å². The van der Waals surface area contributed by atoms with Crippen molar-refractivity contribution in [3.8, 4) is 0 Å². The van der Waals surface area contributed by atoms with Gasteiger partial charge in [-0.25, -0.2) is 13.1 Å². The Morgan fingerprint density at radius 2 is 2.05 bits per heavy atom. The molecular weight excluding hydrogens is 282 g/mol. The number of anilines is 1. The minimum absolute atomic E-state index is 0.0197. The van der Waals surface area contributed by atoms with Crippen LogP contribution in [0.15, 0.2) is 29.2 Å². The van der Waals surface area contributed by atoms with Crippen molar-refractivity contribution in [2.24, 2.45) is 5.84 Å². The molecule has 1 fully saturated rings. The lowest BCUT2D eigenvalue weighted by Gasteiger charge is -2.22. The Balaban J connectivity index is 2.05. The van der Waals surface area contributed by atoms with Gasteiger partial charge in [0.25, 0.3) is 0 Å². The molecule has 7 heteroatoms. The first-order valence-corrected chi connectivity index (χ1v) is 8.62. The normalized spacial score (nSPS) is 23.5. The Morgan fingerprint density at radius 3 is 2.58 bits per heavy atom. The molecule has 2 rings (SSSR count). The Labute approximate surface area is 118 Å². The van der Waals surface area contributed by atoms with E-state index >= 15 is 0 Å².